The van der Waals surface area contributed by atoms with Crippen LogP contribution >= 0.6 is 0 Å². The normalized spacial score (nSPS) is 45.0. The summed E-state index contributed by atoms with van der Waals surface area (Å²) >= 11 is 0. The molecule has 0 spiro atoms. The van der Waals surface area contributed by atoms with Crippen LogP contribution in [-0.4, -0.2) is 22.2 Å². The molecule has 2 atom stereocenters. The lowest BCUT2D eigenvalue weighted by Gasteiger charge is -2.28. The van der Waals surface area contributed by atoms with Crippen molar-refractivity contribution >= 4 is 0 Å². The molecule has 1 saturated carbocycles. The summed E-state index contributed by atoms with van der Waals surface area (Å²) in [5, 5.41) is 17.5. The van der Waals surface area contributed by atoms with E-state index in [1.165, 1.54) is 0 Å². The number of halogens is 1. The molecule has 0 bridgehead atoms. The Morgan fingerprint density at radius 1 is 1.44 bits per heavy atom. The Kier molecular flexibility index (Phi) is 1.73. The monoisotopic (exact) mass is 134 g/mol. The van der Waals surface area contributed by atoms with Crippen molar-refractivity contribution in [3.05, 3.63) is 0 Å². The van der Waals surface area contributed by atoms with E-state index in [0.717, 1.165) is 6.42 Å². The van der Waals surface area contributed by atoms with Gasteiger partial charge in [0.15, 0.2) is 0 Å². The van der Waals surface area contributed by atoms with Gasteiger partial charge in [-0.25, -0.2) is 4.39 Å². The summed E-state index contributed by atoms with van der Waals surface area (Å²) in [4.78, 5) is 0. The highest BCUT2D eigenvalue weighted by Gasteiger charge is 2.37. The standard InChI is InChI=1S/C6H11FO2/c7-6(9)4-2-1-3-5(6)8/h5,8-9H,1-4H2. The maximum Gasteiger partial charge on any atom is 0.232 e. The molecule has 2 N–H and O–H groups in total. The zero-order valence-corrected chi connectivity index (χ0v) is 5.18. The molecule has 0 aromatic carbocycles. The zero-order valence-electron chi connectivity index (χ0n) is 5.18. The predicted octanol–water partition coefficient (Wildman–Crippen LogP) is 0.579. The minimum Gasteiger partial charge on any atom is -0.387 e. The Labute approximate surface area is 53.3 Å². The molecule has 0 heterocycles. The van der Waals surface area contributed by atoms with Gasteiger partial charge in [0.05, 0.1) is 0 Å². The highest BCUT2D eigenvalue weighted by Crippen LogP contribution is 2.29. The fraction of sp³-hybridized carbons (Fsp3) is 1.00. The second-order valence-corrected chi connectivity index (χ2v) is 2.58. The van der Waals surface area contributed by atoms with Crippen LogP contribution in [0.2, 0.25) is 0 Å². The van der Waals surface area contributed by atoms with E-state index in [-0.39, 0.29) is 6.42 Å². The lowest BCUT2D eigenvalue weighted by atomic mass is 9.93. The minimum atomic E-state index is -2.31. The molecule has 3 heteroatoms. The third kappa shape index (κ3) is 1.40. The number of hydrogen-bond acceptors (Lipinski definition) is 2. The van der Waals surface area contributed by atoms with Crippen LogP contribution in [0.1, 0.15) is 25.7 Å². The van der Waals surface area contributed by atoms with E-state index in [4.69, 9.17) is 10.2 Å². The Bertz CT molecular complexity index is 103. The largest absolute Gasteiger partial charge is 0.387 e. The summed E-state index contributed by atoms with van der Waals surface area (Å²) in [6.07, 6.45) is 0.782. The Hall–Kier alpha value is -0.150. The van der Waals surface area contributed by atoms with Gasteiger partial charge in [0.25, 0.3) is 0 Å². The van der Waals surface area contributed by atoms with Crippen LogP contribution in [-0.2, 0) is 0 Å². The molecule has 0 aliphatic heterocycles. The van der Waals surface area contributed by atoms with E-state index in [1.54, 1.807) is 0 Å². The Balaban J connectivity index is 2.49. The second kappa shape index (κ2) is 2.23. The molecule has 54 valence electrons. The van der Waals surface area contributed by atoms with Gasteiger partial charge in [0.2, 0.25) is 5.85 Å². The van der Waals surface area contributed by atoms with Crippen LogP contribution in [0, 0.1) is 0 Å². The summed E-state index contributed by atoms with van der Waals surface area (Å²) in [7, 11) is 0. The zero-order chi connectivity index (χ0) is 6.91. The average molecular weight is 134 g/mol. The van der Waals surface area contributed by atoms with Crippen molar-refractivity contribution in [2.75, 3.05) is 0 Å². The van der Waals surface area contributed by atoms with E-state index >= 15 is 0 Å². The number of hydrogen-bond donors (Lipinski definition) is 2. The summed E-state index contributed by atoms with van der Waals surface area (Å²) in [6.45, 7) is 0. The van der Waals surface area contributed by atoms with Gasteiger partial charge in [-0.05, 0) is 12.8 Å². The Morgan fingerprint density at radius 2 is 2.11 bits per heavy atom. The quantitative estimate of drug-likeness (QED) is 0.508. The van der Waals surface area contributed by atoms with E-state index in [1.807, 2.05) is 0 Å². The van der Waals surface area contributed by atoms with E-state index in [0.29, 0.717) is 12.8 Å². The molecule has 1 fully saturated rings. The predicted molar refractivity (Wildman–Crippen MR) is 30.5 cm³/mol. The molecule has 0 radical (unpaired) electrons. The average Bonchev–Trinajstić information content (AvgIpc) is 1.77. The molecule has 9 heavy (non-hydrogen) atoms. The van der Waals surface area contributed by atoms with Crippen molar-refractivity contribution in [3.8, 4) is 0 Å². The first-order valence-corrected chi connectivity index (χ1v) is 3.22. The first-order chi connectivity index (χ1) is 4.13. The molecule has 1 rings (SSSR count). The Morgan fingerprint density at radius 3 is 2.44 bits per heavy atom. The summed E-state index contributed by atoms with van der Waals surface area (Å²) in [6, 6.07) is 0. The van der Waals surface area contributed by atoms with Crippen LogP contribution in [0.3, 0.4) is 0 Å². The molecule has 0 aromatic heterocycles. The van der Waals surface area contributed by atoms with Gasteiger partial charge in [-0.1, -0.05) is 6.42 Å². The van der Waals surface area contributed by atoms with Crippen LogP contribution in [0.5, 0.6) is 0 Å². The van der Waals surface area contributed by atoms with Crippen LogP contribution < -0.4 is 0 Å². The van der Waals surface area contributed by atoms with E-state index < -0.39 is 12.0 Å². The molecular weight excluding hydrogens is 123 g/mol. The fourth-order valence-electron chi connectivity index (χ4n) is 1.10. The number of aliphatic hydroxyl groups excluding tert-OH is 1. The van der Waals surface area contributed by atoms with Crippen molar-refractivity contribution in [1.82, 2.24) is 0 Å². The highest BCUT2D eigenvalue weighted by molar-refractivity contribution is 4.79. The van der Waals surface area contributed by atoms with Gasteiger partial charge in [-0.15, -0.1) is 0 Å². The van der Waals surface area contributed by atoms with Gasteiger partial charge in [-0.3, -0.25) is 0 Å². The van der Waals surface area contributed by atoms with Crippen LogP contribution in [0.15, 0.2) is 0 Å². The van der Waals surface area contributed by atoms with Crippen molar-refractivity contribution in [2.24, 2.45) is 0 Å². The summed E-state index contributed by atoms with van der Waals surface area (Å²) in [5.41, 5.74) is 0. The SMILES string of the molecule is OC1CCCCC1(O)F. The van der Waals surface area contributed by atoms with E-state index in [2.05, 4.69) is 0 Å². The molecule has 0 amide bonds. The summed E-state index contributed by atoms with van der Waals surface area (Å²) in [5.74, 6) is -2.31. The number of aliphatic hydroxyl groups is 2. The van der Waals surface area contributed by atoms with Crippen molar-refractivity contribution in [2.45, 2.75) is 37.6 Å². The lowest BCUT2D eigenvalue weighted by Crippen LogP contribution is -2.40. The lowest BCUT2D eigenvalue weighted by molar-refractivity contribution is -0.187. The third-order valence-corrected chi connectivity index (χ3v) is 1.77. The highest BCUT2D eigenvalue weighted by atomic mass is 19.2. The van der Waals surface area contributed by atoms with Gasteiger partial charge in [0, 0.05) is 6.42 Å². The maximum absolute atomic E-state index is 12.6. The molecule has 2 unspecified atom stereocenters. The van der Waals surface area contributed by atoms with Gasteiger partial charge < -0.3 is 10.2 Å². The third-order valence-electron chi connectivity index (χ3n) is 1.77. The smallest absolute Gasteiger partial charge is 0.232 e. The first-order valence-electron chi connectivity index (χ1n) is 3.22. The molecule has 0 saturated heterocycles. The molecule has 2 nitrogen and oxygen atoms in total. The first kappa shape index (κ1) is 6.96. The van der Waals surface area contributed by atoms with Crippen molar-refractivity contribution in [1.29, 1.82) is 0 Å². The molecular formula is C6H11FO2. The fourth-order valence-corrected chi connectivity index (χ4v) is 1.10. The molecule has 1 aliphatic carbocycles. The van der Waals surface area contributed by atoms with Crippen LogP contribution in [0.4, 0.5) is 4.39 Å². The van der Waals surface area contributed by atoms with E-state index in [9.17, 15) is 4.39 Å². The minimum absolute atomic E-state index is 0.0775. The van der Waals surface area contributed by atoms with Gasteiger partial charge in [-0.2, -0.15) is 0 Å². The van der Waals surface area contributed by atoms with Crippen molar-refractivity contribution < 1.29 is 14.6 Å². The van der Waals surface area contributed by atoms with Crippen LogP contribution in [0.25, 0.3) is 0 Å². The number of alkyl halides is 1. The van der Waals surface area contributed by atoms with Gasteiger partial charge >= 0.3 is 0 Å². The second-order valence-electron chi connectivity index (χ2n) is 2.58. The van der Waals surface area contributed by atoms with Crippen molar-refractivity contribution in [3.63, 3.8) is 0 Å². The molecule has 0 aromatic rings. The van der Waals surface area contributed by atoms with Gasteiger partial charge in [0.1, 0.15) is 6.10 Å². The topological polar surface area (TPSA) is 40.5 Å². The summed E-state index contributed by atoms with van der Waals surface area (Å²) < 4.78 is 12.6. The molecule has 1 aliphatic rings. The number of rotatable bonds is 0. The maximum atomic E-state index is 12.6.